The molecule has 2 aromatic rings. The lowest BCUT2D eigenvalue weighted by molar-refractivity contribution is 0.159. The van der Waals surface area contributed by atoms with Gasteiger partial charge in [0.05, 0.1) is 6.10 Å². The van der Waals surface area contributed by atoms with Crippen molar-refractivity contribution in [2.75, 3.05) is 11.4 Å². The quantitative estimate of drug-likeness (QED) is 0.874. The van der Waals surface area contributed by atoms with Crippen molar-refractivity contribution < 1.29 is 5.11 Å². The van der Waals surface area contributed by atoms with Crippen molar-refractivity contribution in [2.24, 2.45) is 0 Å². The summed E-state index contributed by atoms with van der Waals surface area (Å²) in [4.78, 5) is 2.53. The van der Waals surface area contributed by atoms with Crippen LogP contribution in [0.25, 0.3) is 0 Å². The molecular formula is C20H25NO. The highest BCUT2D eigenvalue weighted by atomic mass is 16.3. The zero-order valence-corrected chi connectivity index (χ0v) is 13.1. The van der Waals surface area contributed by atoms with E-state index in [2.05, 4.69) is 35.2 Å². The van der Waals surface area contributed by atoms with Gasteiger partial charge in [-0.15, -0.1) is 0 Å². The number of piperidine rings is 1. The third-order valence-corrected chi connectivity index (χ3v) is 4.67. The van der Waals surface area contributed by atoms with Crippen LogP contribution in [-0.2, 0) is 0 Å². The Morgan fingerprint density at radius 1 is 0.955 bits per heavy atom. The second-order valence-electron chi connectivity index (χ2n) is 6.18. The topological polar surface area (TPSA) is 23.5 Å². The number of hydrogen-bond donors (Lipinski definition) is 1. The van der Waals surface area contributed by atoms with Gasteiger partial charge in [-0.3, -0.25) is 0 Å². The monoisotopic (exact) mass is 295 g/mol. The van der Waals surface area contributed by atoms with E-state index in [9.17, 15) is 5.11 Å². The lowest BCUT2D eigenvalue weighted by atomic mass is 9.94. The molecule has 0 aliphatic carbocycles. The number of benzene rings is 2. The third-order valence-electron chi connectivity index (χ3n) is 4.67. The highest BCUT2D eigenvalue weighted by molar-refractivity contribution is 5.47. The second-order valence-corrected chi connectivity index (χ2v) is 6.18. The molecule has 1 N–H and O–H groups in total. The molecule has 1 heterocycles. The molecule has 0 saturated carbocycles. The van der Waals surface area contributed by atoms with Gasteiger partial charge in [0, 0.05) is 18.3 Å². The van der Waals surface area contributed by atoms with Crippen LogP contribution in [0, 0.1) is 0 Å². The maximum Gasteiger partial charge on any atom is 0.0790 e. The lowest BCUT2D eigenvalue weighted by Crippen LogP contribution is -2.39. The van der Waals surface area contributed by atoms with E-state index in [1.807, 2.05) is 30.3 Å². The predicted octanol–water partition coefficient (Wildman–Crippen LogP) is 4.56. The van der Waals surface area contributed by atoms with Crippen LogP contribution >= 0.6 is 0 Å². The normalized spacial score (nSPS) is 19.9. The maximum atomic E-state index is 10.4. The molecule has 2 heteroatoms. The summed E-state index contributed by atoms with van der Waals surface area (Å²) in [5.74, 6) is 0. The predicted molar refractivity (Wildman–Crippen MR) is 92.1 cm³/mol. The van der Waals surface area contributed by atoms with Crippen LogP contribution in [-0.4, -0.2) is 17.7 Å². The average Bonchev–Trinajstić information content (AvgIpc) is 2.61. The minimum atomic E-state index is -0.347. The zero-order valence-electron chi connectivity index (χ0n) is 13.1. The Kier molecular flexibility index (Phi) is 5.12. The average molecular weight is 295 g/mol. The molecule has 2 aromatic carbocycles. The van der Waals surface area contributed by atoms with E-state index < -0.39 is 0 Å². The Labute approximate surface area is 133 Å². The number of para-hydroxylation sites is 1. The fourth-order valence-electron chi connectivity index (χ4n) is 3.45. The first-order valence-corrected chi connectivity index (χ1v) is 8.39. The van der Waals surface area contributed by atoms with E-state index in [4.69, 9.17) is 0 Å². The van der Waals surface area contributed by atoms with Crippen molar-refractivity contribution in [3.8, 4) is 0 Å². The molecule has 1 aliphatic rings. The van der Waals surface area contributed by atoms with Gasteiger partial charge in [-0.25, -0.2) is 0 Å². The number of nitrogens with zero attached hydrogens (tertiary/aromatic N) is 1. The molecule has 0 bridgehead atoms. The molecule has 0 radical (unpaired) electrons. The molecule has 1 aliphatic heterocycles. The minimum Gasteiger partial charge on any atom is -0.388 e. The van der Waals surface area contributed by atoms with E-state index >= 15 is 0 Å². The SMILES string of the molecule is OC(CCC1CCCCN1c1ccccc1)c1ccccc1. The molecule has 1 saturated heterocycles. The molecule has 22 heavy (non-hydrogen) atoms. The van der Waals surface area contributed by atoms with Crippen LogP contribution in [0.5, 0.6) is 0 Å². The van der Waals surface area contributed by atoms with Crippen molar-refractivity contribution in [3.63, 3.8) is 0 Å². The first-order chi connectivity index (χ1) is 10.8. The van der Waals surface area contributed by atoms with E-state index in [1.54, 1.807) is 0 Å². The number of aliphatic hydroxyl groups excluding tert-OH is 1. The van der Waals surface area contributed by atoms with E-state index in [1.165, 1.54) is 24.9 Å². The second kappa shape index (κ2) is 7.46. The van der Waals surface area contributed by atoms with Crippen molar-refractivity contribution >= 4 is 5.69 Å². The van der Waals surface area contributed by atoms with Crippen LogP contribution in [0.2, 0.25) is 0 Å². The zero-order chi connectivity index (χ0) is 15.2. The molecule has 2 atom stereocenters. The van der Waals surface area contributed by atoms with Gasteiger partial charge in [-0.2, -0.15) is 0 Å². The number of aliphatic hydroxyl groups is 1. The van der Waals surface area contributed by atoms with Crippen molar-refractivity contribution in [2.45, 2.75) is 44.2 Å². The van der Waals surface area contributed by atoms with Crippen LogP contribution < -0.4 is 4.90 Å². The molecule has 1 fully saturated rings. The van der Waals surface area contributed by atoms with Crippen molar-refractivity contribution in [1.29, 1.82) is 0 Å². The molecule has 116 valence electrons. The highest BCUT2D eigenvalue weighted by Gasteiger charge is 2.23. The standard InChI is InChI=1S/C20H25NO/c22-20(17-9-3-1-4-10-17)15-14-19-13-7-8-16-21(19)18-11-5-2-6-12-18/h1-6,9-12,19-20,22H,7-8,13-16H2. The van der Waals surface area contributed by atoms with Gasteiger partial charge >= 0.3 is 0 Å². The summed E-state index contributed by atoms with van der Waals surface area (Å²) < 4.78 is 0. The summed E-state index contributed by atoms with van der Waals surface area (Å²) in [7, 11) is 0. The lowest BCUT2D eigenvalue weighted by Gasteiger charge is -2.38. The summed E-state index contributed by atoms with van der Waals surface area (Å²) in [5, 5.41) is 10.4. The number of anilines is 1. The summed E-state index contributed by atoms with van der Waals surface area (Å²) in [6.45, 7) is 1.14. The van der Waals surface area contributed by atoms with Crippen LogP contribution in [0.3, 0.4) is 0 Å². The molecule has 0 amide bonds. The van der Waals surface area contributed by atoms with Gasteiger partial charge in [0.2, 0.25) is 0 Å². The van der Waals surface area contributed by atoms with Gasteiger partial charge in [0.25, 0.3) is 0 Å². The molecule has 2 nitrogen and oxygen atoms in total. The fraction of sp³-hybridized carbons (Fsp3) is 0.400. The first-order valence-electron chi connectivity index (χ1n) is 8.39. The van der Waals surface area contributed by atoms with Crippen molar-refractivity contribution in [3.05, 3.63) is 66.2 Å². The Balaban J connectivity index is 1.62. The van der Waals surface area contributed by atoms with Gasteiger partial charge in [-0.1, -0.05) is 48.5 Å². The minimum absolute atomic E-state index is 0.347. The fourth-order valence-corrected chi connectivity index (χ4v) is 3.45. The molecule has 3 rings (SSSR count). The third kappa shape index (κ3) is 3.69. The van der Waals surface area contributed by atoms with Crippen LogP contribution in [0.1, 0.15) is 43.8 Å². The Morgan fingerprint density at radius 2 is 1.64 bits per heavy atom. The molecule has 0 aromatic heterocycles. The van der Waals surface area contributed by atoms with E-state index in [0.717, 1.165) is 24.9 Å². The van der Waals surface area contributed by atoms with E-state index in [0.29, 0.717) is 6.04 Å². The number of hydrogen-bond acceptors (Lipinski definition) is 2. The first kappa shape index (κ1) is 15.1. The smallest absolute Gasteiger partial charge is 0.0790 e. The Morgan fingerprint density at radius 3 is 2.36 bits per heavy atom. The van der Waals surface area contributed by atoms with Gasteiger partial charge in [-0.05, 0) is 49.8 Å². The summed E-state index contributed by atoms with van der Waals surface area (Å²) >= 11 is 0. The summed E-state index contributed by atoms with van der Waals surface area (Å²) in [5.41, 5.74) is 2.35. The Hall–Kier alpha value is -1.80. The van der Waals surface area contributed by atoms with Crippen LogP contribution in [0.4, 0.5) is 5.69 Å². The summed E-state index contributed by atoms with van der Waals surface area (Å²) in [6, 6.07) is 21.3. The van der Waals surface area contributed by atoms with Gasteiger partial charge < -0.3 is 10.0 Å². The van der Waals surface area contributed by atoms with Gasteiger partial charge in [0.15, 0.2) is 0 Å². The molecule has 0 spiro atoms. The van der Waals surface area contributed by atoms with E-state index in [-0.39, 0.29) is 6.10 Å². The molecule has 2 unspecified atom stereocenters. The van der Waals surface area contributed by atoms with Crippen molar-refractivity contribution in [1.82, 2.24) is 0 Å². The Bertz CT molecular complexity index is 554. The van der Waals surface area contributed by atoms with Gasteiger partial charge in [0.1, 0.15) is 0 Å². The molecular weight excluding hydrogens is 270 g/mol. The highest BCUT2D eigenvalue weighted by Crippen LogP contribution is 2.29. The largest absolute Gasteiger partial charge is 0.388 e. The summed E-state index contributed by atoms with van der Waals surface area (Å²) in [6.07, 6.45) is 5.34. The number of rotatable bonds is 5. The maximum absolute atomic E-state index is 10.4. The van der Waals surface area contributed by atoms with Crippen LogP contribution in [0.15, 0.2) is 60.7 Å².